The van der Waals surface area contributed by atoms with Crippen molar-refractivity contribution in [1.29, 1.82) is 0 Å². The number of nitrogens with one attached hydrogen (secondary N) is 1. The first-order valence-corrected chi connectivity index (χ1v) is 44.7. The molecule has 3 N–H and O–H groups in total. The van der Waals surface area contributed by atoms with Gasteiger partial charge in [-0.05, 0) is 197 Å². The number of aliphatic hydroxyl groups excluding tert-OH is 1. The molecule has 2 amide bonds. The van der Waals surface area contributed by atoms with E-state index < -0.39 is 116 Å². The van der Waals surface area contributed by atoms with E-state index in [9.17, 15) is 52.2 Å². The van der Waals surface area contributed by atoms with Gasteiger partial charge in [-0.1, -0.05) is 89.8 Å². The maximum Gasteiger partial charge on any atom is 0.411 e. The Bertz CT molecular complexity index is 4860. The second-order valence-corrected chi connectivity index (χ2v) is 39.8. The van der Waals surface area contributed by atoms with E-state index in [0.29, 0.717) is 75.7 Å². The summed E-state index contributed by atoms with van der Waals surface area (Å²) in [7, 11) is 15.2. The van der Waals surface area contributed by atoms with Crippen LogP contribution in [-0.4, -0.2) is 248 Å². The van der Waals surface area contributed by atoms with Gasteiger partial charge in [0.2, 0.25) is 0 Å². The van der Waals surface area contributed by atoms with Gasteiger partial charge in [0.1, 0.15) is 81.7 Å². The van der Waals surface area contributed by atoms with Gasteiger partial charge in [-0.15, -0.1) is 19.0 Å². The molecule has 0 bridgehead atoms. The number of esters is 4. The number of rotatable bonds is 22. The van der Waals surface area contributed by atoms with Crippen LogP contribution in [0.15, 0.2) is 72.3 Å². The highest BCUT2D eigenvalue weighted by molar-refractivity contribution is 7.90. The number of aliphatic carboxylic acids is 1. The van der Waals surface area contributed by atoms with Crippen LogP contribution in [0.1, 0.15) is 206 Å². The van der Waals surface area contributed by atoms with E-state index in [1.165, 1.54) is 16.9 Å². The average Bonchev–Trinajstić information content (AvgIpc) is 1.23. The van der Waals surface area contributed by atoms with Gasteiger partial charge in [0.25, 0.3) is 11.8 Å². The molecular weight excluding hydrogens is 1750 g/mol. The predicted molar refractivity (Wildman–Crippen MR) is 502 cm³/mol. The number of carboxylic acids is 1. The number of ether oxygens (including phenoxy) is 11. The molecule has 706 valence electrons. The molecule has 6 heterocycles. The van der Waals surface area contributed by atoms with E-state index in [1.807, 2.05) is 68.4 Å². The first-order chi connectivity index (χ1) is 58.2. The number of aromatic nitrogens is 6. The largest absolute Gasteiger partial charge is 0.497 e. The SMILES string of the molecule is C.C=CCCC[C@@H]1C[C@H]1OC(=O)C[C@H](C(=O)O)C(C)(C)C.CC[C@@H]1[C@@H](Oc2nc3cc(OC)ccc3nc2Cl)CN(C(=O)OC(C)(C)C)[C@@H]1C(=O)OC(C)(C)C.CC[C@@H]1[C@@H](Oc2nc3cc(OC)ccc3nc2Cl)CN[C@@H]1C(=O)OC(C)(C)C.CC[C@H]1[C@@H](C(=O)OC(C)(C)C)N(C(=O)OC(C)(C)C)C[C@@H]1O.COc1ccc2nc(Cl)c(S(C)(=O)=O)nc2c1.Cl.[2HH].[B]B([B])[B]. The third-order valence-electron chi connectivity index (χ3n) is 19.4. The van der Waals surface area contributed by atoms with Crippen molar-refractivity contribution >= 4 is 162 Å². The summed E-state index contributed by atoms with van der Waals surface area (Å²) in [5, 5.41) is 22.5. The number of unbranched alkanes of at least 4 members (excludes halogenated alkanes) is 1. The Kier molecular flexibility index (Phi) is 43.2. The maximum absolute atomic E-state index is 13.2. The zero-order valence-corrected chi connectivity index (χ0v) is 81.5. The zero-order chi connectivity index (χ0) is 95.4. The Morgan fingerprint density at radius 3 is 1.33 bits per heavy atom. The van der Waals surface area contributed by atoms with Gasteiger partial charge < -0.3 is 67.6 Å². The summed E-state index contributed by atoms with van der Waals surface area (Å²) < 4.78 is 83.6. The minimum Gasteiger partial charge on any atom is -0.497 e. The smallest absolute Gasteiger partial charge is 0.411 e. The van der Waals surface area contributed by atoms with E-state index in [-0.39, 0.29) is 115 Å². The number of carboxylic acid groups (broad SMARTS) is 1. The second kappa shape index (κ2) is 48.7. The van der Waals surface area contributed by atoms with E-state index in [0.717, 1.165) is 38.4 Å². The molecule has 0 unspecified atom stereocenters. The van der Waals surface area contributed by atoms with Crippen LogP contribution in [0.5, 0.6) is 29.0 Å². The molecule has 3 aromatic heterocycles. The number of benzene rings is 3. The molecule has 12 atom stereocenters. The van der Waals surface area contributed by atoms with Gasteiger partial charge in [-0.2, -0.15) is 0 Å². The van der Waals surface area contributed by atoms with Gasteiger partial charge in [0.05, 0.1) is 86.0 Å². The van der Waals surface area contributed by atoms with Crippen molar-refractivity contribution in [3.63, 3.8) is 0 Å². The van der Waals surface area contributed by atoms with Gasteiger partial charge in [-0.3, -0.25) is 24.2 Å². The van der Waals surface area contributed by atoms with Crippen LogP contribution in [0.3, 0.4) is 0 Å². The Hall–Kier alpha value is -8.40. The van der Waals surface area contributed by atoms with Gasteiger partial charge in [0, 0.05) is 79.8 Å². The standard InChI is InChI=1S/C25H34ClN3O6.C20H26ClN3O4.C16H29NO5.C16H26O4.C10H9ClN2O3S.CH4.B4.ClH.H2/c1-9-15-18(33-21-20(26)27-16-11-10-14(32-8)12-17(16)28-21)13-29(23(31)35-25(5,6)7)19(15)22(30)34-24(2,3)4;1-6-12-15(10-22-16(12)19(25)28-20(2,3)4)27-18-17(21)23-13-8-7-11(26-5)9-14(13)24-18;1-8-10-11(18)9-17(14(20)22-16(5,6)7)12(10)13(19)21-15(2,3)4;1-5-6-7-8-11-9-13(11)20-14(17)10-12(15(18)19)16(2,3)4;1-16-6-3-4-7-8(5-6)13-10(9(11)12-7)17(2,14)15;;1-4(2)3;;/h10-12,15,18-19H,9,13H2,1-8H3;7-9,12,15-16,22H,6,10H2,1-5H3;10-12,18H,8-9H2,1-7H3;5,11-13H,1,6-10H2,2-4H3,(H,18,19);3-5H,1-2H3;1H4;;2*1H/t15-,18+,19+;12-,15+,16+;10-,11+,12+;11-,12-,13-;;;;;/m1111...../s1/i;;;;;;;;1+1. The Balaban J connectivity index is 0.000000548. The molecule has 128 heavy (non-hydrogen) atoms. The molecule has 6 aromatic rings. The number of hydrogen-bond acceptors (Lipinski definition) is 28. The number of methoxy groups -OCH3 is 3. The number of fused-ring (bicyclic) bond motifs is 3. The summed E-state index contributed by atoms with van der Waals surface area (Å²) in [6, 6.07) is 13.5. The number of hydrogen-bond donors (Lipinski definition) is 3. The lowest BCUT2D eigenvalue weighted by Crippen LogP contribution is -2.47. The molecule has 4 aliphatic rings. The van der Waals surface area contributed by atoms with Gasteiger partial charge >= 0.3 is 42.0 Å². The van der Waals surface area contributed by atoms with Crippen molar-refractivity contribution in [1.82, 2.24) is 45.0 Å². The van der Waals surface area contributed by atoms with Crippen LogP contribution in [0, 0.1) is 35.0 Å². The van der Waals surface area contributed by atoms with Crippen molar-refractivity contribution < 1.29 is 106 Å². The number of nitrogens with zero attached hydrogens (tertiary/aromatic N) is 8. The van der Waals surface area contributed by atoms with Crippen molar-refractivity contribution in [3.05, 3.63) is 82.7 Å². The van der Waals surface area contributed by atoms with Crippen LogP contribution in [0.4, 0.5) is 9.59 Å². The number of allylic oxidation sites excluding steroid dienone is 1. The fourth-order valence-corrected chi connectivity index (χ4v) is 15.1. The molecule has 4 fully saturated rings. The molecule has 40 heteroatoms. The lowest BCUT2D eigenvalue weighted by Gasteiger charge is -2.31. The first-order valence-electron chi connectivity index (χ1n) is 41.7. The second-order valence-electron chi connectivity index (χ2n) is 36.8. The molecule has 1 saturated carbocycles. The normalized spacial score (nSPS) is 20.3. The van der Waals surface area contributed by atoms with E-state index in [1.54, 1.807) is 152 Å². The molecule has 6 radical (unpaired) electrons. The Labute approximate surface area is 781 Å². The number of halogens is 4. The minimum atomic E-state index is -3.49. The summed E-state index contributed by atoms with van der Waals surface area (Å²) in [5.41, 5.74) is -0.401. The quantitative estimate of drug-likeness (QED) is 0.0187. The molecule has 3 aliphatic heterocycles. The molecule has 0 spiro atoms. The highest BCUT2D eigenvalue weighted by Crippen LogP contribution is 2.41. The van der Waals surface area contributed by atoms with E-state index in [4.69, 9.17) is 86.9 Å². The lowest BCUT2D eigenvalue weighted by molar-refractivity contribution is -0.162. The molecule has 31 nitrogen and oxygen atoms in total. The van der Waals surface area contributed by atoms with E-state index in [2.05, 4.69) is 65.0 Å². The summed E-state index contributed by atoms with van der Waals surface area (Å²) in [6.07, 6.45) is 5.28. The number of carbonyl (C=O) groups is 7. The van der Waals surface area contributed by atoms with Gasteiger partial charge in [0.15, 0.2) is 30.3 Å². The molecule has 10 rings (SSSR count). The number of sulfone groups is 1. The molecule has 1 aliphatic carbocycles. The number of likely N-dealkylation sites (tertiary alicyclic amines) is 2. The lowest BCUT2D eigenvalue weighted by atomic mass is 9.08. The Morgan fingerprint density at radius 1 is 0.570 bits per heavy atom. The molecule has 3 aromatic carbocycles. The fraction of sp³-hybridized carbons (Fsp3) is 0.625. The maximum atomic E-state index is 13.2. The zero-order valence-electron chi connectivity index (χ0n) is 77.6. The van der Waals surface area contributed by atoms with Crippen LogP contribution in [0.25, 0.3) is 33.1 Å². The molecular formula is C88H131B4Cl4N9O22S. The van der Waals surface area contributed by atoms with Crippen LogP contribution in [-0.2, 0) is 62.2 Å². The minimum absolute atomic E-state index is 0. The number of carbonyl (C=O) groups excluding carboxylic acids is 6. The van der Waals surface area contributed by atoms with E-state index >= 15 is 0 Å². The summed E-state index contributed by atoms with van der Waals surface area (Å²) >= 11 is 18.5. The van der Waals surface area contributed by atoms with Crippen LogP contribution in [0.2, 0.25) is 15.5 Å². The fourth-order valence-electron chi connectivity index (χ4n) is 13.6. The number of aliphatic hydroxyl groups is 1. The Morgan fingerprint density at radius 2 is 0.953 bits per heavy atom. The average molecular weight is 1890 g/mol. The van der Waals surface area contributed by atoms with Crippen LogP contribution >= 0.6 is 47.2 Å². The third-order valence-corrected chi connectivity index (χ3v) is 21.3. The topological polar surface area (TPSA) is 391 Å². The highest BCUT2D eigenvalue weighted by Gasteiger charge is 2.53. The highest BCUT2D eigenvalue weighted by atomic mass is 35.5. The monoisotopic (exact) mass is 1880 g/mol. The first kappa shape index (κ1) is 114. The number of amides is 2. The third kappa shape index (κ3) is 35.7. The van der Waals surface area contributed by atoms with Crippen LogP contribution < -0.4 is 29.0 Å². The van der Waals surface area contributed by atoms with Crippen molar-refractivity contribution in [3.8, 4) is 29.0 Å². The van der Waals surface area contributed by atoms with Crippen molar-refractivity contribution in [2.45, 2.75) is 280 Å². The number of β-amino-alcohol motifs (C(OH)–C–C–N with tert-alkyl or cyclic N) is 1. The summed E-state index contributed by atoms with van der Waals surface area (Å²) in [5.74, 6) is -1.40. The van der Waals surface area contributed by atoms with Crippen molar-refractivity contribution in [2.75, 3.05) is 47.2 Å². The van der Waals surface area contributed by atoms with Crippen molar-refractivity contribution in [2.24, 2.45) is 35.0 Å². The molecule has 3 saturated heterocycles. The summed E-state index contributed by atoms with van der Waals surface area (Å²) in [6.45, 7) is 42.5. The summed E-state index contributed by atoms with van der Waals surface area (Å²) in [4.78, 5) is 115. The predicted octanol–water partition coefficient (Wildman–Crippen LogP) is 15.6. The van der Waals surface area contributed by atoms with Gasteiger partial charge in [-0.25, -0.2) is 57.5 Å².